The molecule has 1 heterocycles. The van der Waals surface area contributed by atoms with Gasteiger partial charge in [-0.2, -0.15) is 0 Å². The zero-order valence-electron chi connectivity index (χ0n) is 14.3. The fourth-order valence-corrected chi connectivity index (χ4v) is 4.56. The van der Waals surface area contributed by atoms with Crippen LogP contribution in [0.25, 0.3) is 0 Å². The summed E-state index contributed by atoms with van der Waals surface area (Å²) >= 11 is 0. The average Bonchev–Trinajstić information content (AvgIpc) is 3.06. The van der Waals surface area contributed by atoms with Crippen LogP contribution in [-0.4, -0.2) is 34.8 Å². The Bertz CT molecular complexity index is 518. The normalized spacial score (nSPS) is 36.1. The van der Waals surface area contributed by atoms with E-state index in [0.717, 1.165) is 6.54 Å². The molecule has 3 rings (SSSR count). The molecule has 1 saturated heterocycles. The highest BCUT2D eigenvalue weighted by atomic mass is 16.2. The molecule has 3 aliphatic rings. The third kappa shape index (κ3) is 2.46. The number of fused-ring (bicyclic) bond motifs is 5. The van der Waals surface area contributed by atoms with Gasteiger partial charge in [0.05, 0.1) is 0 Å². The van der Waals surface area contributed by atoms with E-state index in [0.29, 0.717) is 23.7 Å². The predicted octanol–water partition coefficient (Wildman–Crippen LogP) is 2.21. The number of rotatable bonds is 2. The van der Waals surface area contributed by atoms with Gasteiger partial charge in [-0.05, 0) is 50.9 Å². The molecule has 2 fully saturated rings. The number of amides is 2. The summed E-state index contributed by atoms with van der Waals surface area (Å²) in [4.78, 5) is 27.4. The van der Waals surface area contributed by atoms with Gasteiger partial charge >= 0.3 is 0 Å². The Morgan fingerprint density at radius 1 is 1.18 bits per heavy atom. The van der Waals surface area contributed by atoms with Crippen molar-refractivity contribution in [3.63, 3.8) is 0 Å². The quantitative estimate of drug-likeness (QED) is 0.795. The van der Waals surface area contributed by atoms with Crippen molar-refractivity contribution in [3.05, 3.63) is 12.2 Å². The first kappa shape index (κ1) is 15.6. The molecule has 0 aromatic heterocycles. The van der Waals surface area contributed by atoms with E-state index < -0.39 is 0 Å². The number of nitrogens with zero attached hydrogens (tertiary/aromatic N) is 1. The Morgan fingerprint density at radius 3 is 2.41 bits per heavy atom. The highest BCUT2D eigenvalue weighted by molar-refractivity contribution is 5.90. The van der Waals surface area contributed by atoms with Crippen LogP contribution in [0.2, 0.25) is 0 Å². The van der Waals surface area contributed by atoms with Crippen molar-refractivity contribution < 1.29 is 9.59 Å². The first-order chi connectivity index (χ1) is 10.2. The van der Waals surface area contributed by atoms with Gasteiger partial charge in [0.2, 0.25) is 11.8 Å². The van der Waals surface area contributed by atoms with E-state index in [1.807, 2.05) is 39.5 Å². The van der Waals surface area contributed by atoms with E-state index in [9.17, 15) is 9.59 Å². The topological polar surface area (TPSA) is 49.4 Å². The zero-order chi connectivity index (χ0) is 16.2. The molecule has 4 heteroatoms. The number of nitrogens with one attached hydrogen (secondary N) is 1. The van der Waals surface area contributed by atoms with E-state index in [1.54, 1.807) is 0 Å². The molecular formula is C18H28N2O2. The number of carbonyl (C=O) groups is 2. The van der Waals surface area contributed by atoms with Crippen molar-refractivity contribution >= 4 is 11.8 Å². The van der Waals surface area contributed by atoms with Crippen molar-refractivity contribution in [1.82, 2.24) is 10.2 Å². The Hall–Kier alpha value is -1.32. The van der Waals surface area contributed by atoms with Gasteiger partial charge in [0.15, 0.2) is 0 Å². The first-order valence-electron chi connectivity index (χ1n) is 8.50. The SMILES string of the molecule is CC(C)C(=O)N1CC2C3C=CC(C3)C2C1C(=O)NC(C)(C)C. The van der Waals surface area contributed by atoms with E-state index in [-0.39, 0.29) is 29.3 Å². The largest absolute Gasteiger partial charge is 0.350 e. The lowest BCUT2D eigenvalue weighted by Crippen LogP contribution is -2.54. The molecule has 5 unspecified atom stereocenters. The summed E-state index contributed by atoms with van der Waals surface area (Å²) < 4.78 is 0. The molecule has 0 aromatic carbocycles. The lowest BCUT2D eigenvalue weighted by Gasteiger charge is -2.33. The van der Waals surface area contributed by atoms with Gasteiger partial charge in [0.25, 0.3) is 0 Å². The van der Waals surface area contributed by atoms with Crippen LogP contribution < -0.4 is 5.32 Å². The predicted molar refractivity (Wildman–Crippen MR) is 86.0 cm³/mol. The highest BCUT2D eigenvalue weighted by Gasteiger charge is 2.57. The van der Waals surface area contributed by atoms with Crippen molar-refractivity contribution in [2.45, 2.75) is 52.6 Å². The standard InChI is InChI=1S/C18H28N2O2/c1-10(2)17(22)20-9-13-11-6-7-12(8-11)14(13)15(20)16(21)19-18(3,4)5/h6-7,10-15H,8-9H2,1-5H3,(H,19,21). The maximum atomic E-state index is 12.9. The second kappa shape index (κ2) is 5.10. The van der Waals surface area contributed by atoms with Gasteiger partial charge < -0.3 is 10.2 Å². The Labute approximate surface area is 133 Å². The molecule has 1 N–H and O–H groups in total. The number of carbonyl (C=O) groups excluding carboxylic acids is 2. The Kier molecular flexibility index (Phi) is 3.61. The smallest absolute Gasteiger partial charge is 0.243 e. The molecule has 22 heavy (non-hydrogen) atoms. The molecule has 1 aliphatic heterocycles. The lowest BCUT2D eigenvalue weighted by atomic mass is 9.81. The minimum Gasteiger partial charge on any atom is -0.350 e. The maximum Gasteiger partial charge on any atom is 0.243 e. The van der Waals surface area contributed by atoms with E-state index in [4.69, 9.17) is 0 Å². The van der Waals surface area contributed by atoms with Gasteiger partial charge in [0.1, 0.15) is 6.04 Å². The average molecular weight is 304 g/mol. The number of allylic oxidation sites excluding steroid dienone is 2. The van der Waals surface area contributed by atoms with Crippen molar-refractivity contribution in [2.24, 2.45) is 29.6 Å². The van der Waals surface area contributed by atoms with E-state index >= 15 is 0 Å². The van der Waals surface area contributed by atoms with Crippen molar-refractivity contribution in [3.8, 4) is 0 Å². The van der Waals surface area contributed by atoms with Crippen molar-refractivity contribution in [1.29, 1.82) is 0 Å². The molecule has 2 aliphatic carbocycles. The minimum atomic E-state index is -0.293. The number of hydrogen-bond acceptors (Lipinski definition) is 2. The molecule has 0 aromatic rings. The fourth-order valence-electron chi connectivity index (χ4n) is 4.56. The summed E-state index contributed by atoms with van der Waals surface area (Å²) in [5.74, 6) is 1.88. The molecule has 4 nitrogen and oxygen atoms in total. The van der Waals surface area contributed by atoms with Gasteiger partial charge in [-0.25, -0.2) is 0 Å². The van der Waals surface area contributed by atoms with Crippen LogP contribution in [0.5, 0.6) is 0 Å². The van der Waals surface area contributed by atoms with Gasteiger partial charge in [0, 0.05) is 18.0 Å². The minimum absolute atomic E-state index is 0.0231. The summed E-state index contributed by atoms with van der Waals surface area (Å²) in [6.07, 6.45) is 5.73. The first-order valence-corrected chi connectivity index (χ1v) is 8.50. The van der Waals surface area contributed by atoms with Gasteiger partial charge in [-0.3, -0.25) is 9.59 Å². The van der Waals surface area contributed by atoms with Crippen LogP contribution in [0, 0.1) is 29.6 Å². The van der Waals surface area contributed by atoms with E-state index in [2.05, 4.69) is 17.5 Å². The van der Waals surface area contributed by atoms with E-state index in [1.165, 1.54) is 6.42 Å². The van der Waals surface area contributed by atoms with Crippen LogP contribution in [0.4, 0.5) is 0 Å². The third-order valence-electron chi connectivity index (χ3n) is 5.34. The molecular weight excluding hydrogens is 276 g/mol. The van der Waals surface area contributed by atoms with Crippen LogP contribution in [0.1, 0.15) is 41.0 Å². The Morgan fingerprint density at radius 2 is 1.82 bits per heavy atom. The summed E-state index contributed by atoms with van der Waals surface area (Å²) in [5, 5.41) is 3.10. The lowest BCUT2D eigenvalue weighted by molar-refractivity contribution is -0.142. The molecule has 122 valence electrons. The highest BCUT2D eigenvalue weighted by Crippen LogP contribution is 2.54. The molecule has 0 radical (unpaired) electrons. The van der Waals surface area contributed by atoms with Crippen molar-refractivity contribution in [2.75, 3.05) is 6.54 Å². The van der Waals surface area contributed by atoms with Crippen LogP contribution in [-0.2, 0) is 9.59 Å². The summed E-state index contributed by atoms with van der Waals surface area (Å²) in [6.45, 7) is 10.6. The maximum absolute atomic E-state index is 12.9. The number of likely N-dealkylation sites (tertiary alicyclic amines) is 1. The summed E-state index contributed by atoms with van der Waals surface area (Å²) in [6, 6.07) is -0.293. The fraction of sp³-hybridized carbons (Fsp3) is 0.778. The zero-order valence-corrected chi connectivity index (χ0v) is 14.3. The van der Waals surface area contributed by atoms with Crippen LogP contribution >= 0.6 is 0 Å². The Balaban J connectivity index is 1.88. The molecule has 2 bridgehead atoms. The summed E-state index contributed by atoms with van der Waals surface area (Å²) in [7, 11) is 0. The second-order valence-corrected chi connectivity index (χ2v) is 8.52. The van der Waals surface area contributed by atoms with Gasteiger partial charge in [-0.15, -0.1) is 0 Å². The number of hydrogen-bond donors (Lipinski definition) is 1. The van der Waals surface area contributed by atoms with Gasteiger partial charge in [-0.1, -0.05) is 26.0 Å². The molecule has 2 amide bonds. The van der Waals surface area contributed by atoms with Crippen LogP contribution in [0.3, 0.4) is 0 Å². The molecule has 5 atom stereocenters. The monoisotopic (exact) mass is 304 g/mol. The van der Waals surface area contributed by atoms with Crippen LogP contribution in [0.15, 0.2) is 12.2 Å². The second-order valence-electron chi connectivity index (χ2n) is 8.52. The molecule has 0 spiro atoms. The summed E-state index contributed by atoms with van der Waals surface area (Å²) in [5.41, 5.74) is -0.269. The third-order valence-corrected chi connectivity index (χ3v) is 5.34. The molecule has 1 saturated carbocycles.